The van der Waals surface area contributed by atoms with Crippen LogP contribution < -0.4 is 0 Å². The fraction of sp³-hybridized carbons (Fsp3) is 0.294. The maximum atomic E-state index is 12.4. The summed E-state index contributed by atoms with van der Waals surface area (Å²) in [6, 6.07) is 12.9. The molecular weight excluding hydrogens is 261 g/mol. The zero-order chi connectivity index (χ0) is 15.2. The second kappa shape index (κ2) is 7.13. The van der Waals surface area contributed by atoms with Crippen LogP contribution in [-0.4, -0.2) is 0 Å². The van der Waals surface area contributed by atoms with Crippen LogP contribution in [0.4, 0.5) is 13.2 Å². The minimum Gasteiger partial charge on any atom is -0.166 e. The molecule has 2 aromatic rings. The van der Waals surface area contributed by atoms with E-state index < -0.39 is 11.7 Å². The molecule has 0 fully saturated rings. The fourth-order valence-corrected chi connectivity index (χ4v) is 1.60. The first-order chi connectivity index (χ1) is 9.38. The molecule has 0 N–H and O–H groups in total. The molecule has 0 saturated heterocycles. The van der Waals surface area contributed by atoms with E-state index in [9.17, 15) is 13.2 Å². The highest BCUT2D eigenvalue weighted by Gasteiger charge is 2.29. The lowest BCUT2D eigenvalue weighted by molar-refractivity contribution is -0.137. The Morgan fingerprint density at radius 3 is 1.45 bits per heavy atom. The molecule has 0 bridgehead atoms. The van der Waals surface area contributed by atoms with Gasteiger partial charge in [0.15, 0.2) is 0 Å². The smallest absolute Gasteiger partial charge is 0.166 e. The zero-order valence-electron chi connectivity index (χ0n) is 12.0. The third kappa shape index (κ3) is 4.72. The van der Waals surface area contributed by atoms with Crippen molar-refractivity contribution >= 4 is 0 Å². The van der Waals surface area contributed by atoms with Crippen LogP contribution in [0.1, 0.15) is 31.4 Å². The monoisotopic (exact) mass is 280 g/mol. The molecule has 0 aliphatic heterocycles. The molecule has 0 aliphatic carbocycles. The molecule has 3 heteroatoms. The normalized spacial score (nSPS) is 10.7. The SMILES string of the molecule is CCC.Cc1ccc(-c2ccc(C(F)(F)F)cc2)cc1. The topological polar surface area (TPSA) is 0 Å². The molecule has 0 radical (unpaired) electrons. The summed E-state index contributed by atoms with van der Waals surface area (Å²) < 4.78 is 37.1. The Kier molecular flexibility index (Phi) is 5.81. The van der Waals surface area contributed by atoms with Crippen molar-refractivity contribution in [2.75, 3.05) is 0 Å². The van der Waals surface area contributed by atoms with Crippen molar-refractivity contribution < 1.29 is 13.2 Å². The van der Waals surface area contributed by atoms with E-state index >= 15 is 0 Å². The number of hydrogen-bond acceptors (Lipinski definition) is 0. The maximum Gasteiger partial charge on any atom is 0.416 e. The van der Waals surface area contributed by atoms with E-state index in [1.165, 1.54) is 18.6 Å². The van der Waals surface area contributed by atoms with E-state index in [1.54, 1.807) is 0 Å². The number of halogens is 3. The quantitative estimate of drug-likeness (QED) is 0.592. The van der Waals surface area contributed by atoms with Crippen LogP contribution in [0.2, 0.25) is 0 Å². The third-order valence-electron chi connectivity index (χ3n) is 2.60. The Hall–Kier alpha value is -1.77. The standard InChI is InChI=1S/C14H11F3.C3H8/c1-10-2-4-11(5-3-10)12-6-8-13(9-7-12)14(15,16)17;1-3-2/h2-9H,1H3;3H2,1-2H3. The molecule has 0 spiro atoms. The molecule has 0 atom stereocenters. The number of hydrogen-bond donors (Lipinski definition) is 0. The number of benzene rings is 2. The van der Waals surface area contributed by atoms with Crippen molar-refractivity contribution in [1.82, 2.24) is 0 Å². The van der Waals surface area contributed by atoms with Crippen LogP contribution in [0.5, 0.6) is 0 Å². The molecule has 0 heterocycles. The van der Waals surface area contributed by atoms with Crippen LogP contribution in [0, 0.1) is 6.92 Å². The van der Waals surface area contributed by atoms with Crippen molar-refractivity contribution in [2.45, 2.75) is 33.4 Å². The first-order valence-electron chi connectivity index (χ1n) is 6.62. The molecule has 2 aromatic carbocycles. The summed E-state index contributed by atoms with van der Waals surface area (Å²) in [5.41, 5.74) is 2.22. The summed E-state index contributed by atoms with van der Waals surface area (Å²) in [5, 5.41) is 0. The largest absolute Gasteiger partial charge is 0.416 e. The van der Waals surface area contributed by atoms with Crippen LogP contribution in [0.25, 0.3) is 11.1 Å². The summed E-state index contributed by atoms with van der Waals surface area (Å²) in [6.07, 6.45) is -3.02. The van der Waals surface area contributed by atoms with Crippen molar-refractivity contribution in [3.05, 3.63) is 59.7 Å². The summed E-state index contributed by atoms with van der Waals surface area (Å²) in [7, 11) is 0. The van der Waals surface area contributed by atoms with Crippen LogP contribution in [0.15, 0.2) is 48.5 Å². The van der Waals surface area contributed by atoms with E-state index in [-0.39, 0.29) is 0 Å². The Morgan fingerprint density at radius 2 is 1.10 bits per heavy atom. The number of aryl methyl sites for hydroxylation is 1. The van der Waals surface area contributed by atoms with Crippen molar-refractivity contribution in [3.63, 3.8) is 0 Å². The second-order valence-electron chi connectivity index (χ2n) is 4.65. The van der Waals surface area contributed by atoms with Gasteiger partial charge in [0, 0.05) is 0 Å². The minimum atomic E-state index is -4.27. The summed E-state index contributed by atoms with van der Waals surface area (Å²) in [6.45, 7) is 6.22. The molecule has 0 aliphatic rings. The molecule has 108 valence electrons. The highest BCUT2D eigenvalue weighted by molar-refractivity contribution is 5.64. The lowest BCUT2D eigenvalue weighted by Crippen LogP contribution is -2.03. The van der Waals surface area contributed by atoms with Gasteiger partial charge in [-0.15, -0.1) is 0 Å². The van der Waals surface area contributed by atoms with E-state index in [2.05, 4.69) is 13.8 Å². The first kappa shape index (κ1) is 16.3. The highest BCUT2D eigenvalue weighted by atomic mass is 19.4. The third-order valence-corrected chi connectivity index (χ3v) is 2.60. The molecule has 0 amide bonds. The summed E-state index contributed by atoms with van der Waals surface area (Å²) in [4.78, 5) is 0. The van der Waals surface area contributed by atoms with Crippen LogP contribution in [0.3, 0.4) is 0 Å². The second-order valence-corrected chi connectivity index (χ2v) is 4.65. The van der Waals surface area contributed by atoms with E-state index in [1.807, 2.05) is 31.2 Å². The van der Waals surface area contributed by atoms with Crippen molar-refractivity contribution in [3.8, 4) is 11.1 Å². The molecule has 0 unspecified atom stereocenters. The molecular formula is C17H19F3. The lowest BCUT2D eigenvalue weighted by Gasteiger charge is -2.07. The van der Waals surface area contributed by atoms with Gasteiger partial charge in [0.2, 0.25) is 0 Å². The predicted molar refractivity (Wildman–Crippen MR) is 77.6 cm³/mol. The predicted octanol–water partition coefficient (Wildman–Crippen LogP) is 6.10. The summed E-state index contributed by atoms with van der Waals surface area (Å²) >= 11 is 0. The van der Waals surface area contributed by atoms with Gasteiger partial charge in [-0.2, -0.15) is 13.2 Å². The molecule has 2 rings (SSSR count). The van der Waals surface area contributed by atoms with Gasteiger partial charge in [-0.25, -0.2) is 0 Å². The van der Waals surface area contributed by atoms with Gasteiger partial charge in [-0.3, -0.25) is 0 Å². The van der Waals surface area contributed by atoms with E-state index in [4.69, 9.17) is 0 Å². The van der Waals surface area contributed by atoms with Gasteiger partial charge in [0.1, 0.15) is 0 Å². The Bertz CT molecular complexity index is 507. The van der Waals surface area contributed by atoms with Gasteiger partial charge < -0.3 is 0 Å². The highest BCUT2D eigenvalue weighted by Crippen LogP contribution is 2.30. The van der Waals surface area contributed by atoms with Gasteiger partial charge >= 0.3 is 6.18 Å². The van der Waals surface area contributed by atoms with Gasteiger partial charge in [-0.05, 0) is 30.2 Å². The van der Waals surface area contributed by atoms with Gasteiger partial charge in [0.25, 0.3) is 0 Å². The Labute approximate surface area is 118 Å². The van der Waals surface area contributed by atoms with E-state index in [0.717, 1.165) is 28.8 Å². The minimum absolute atomic E-state index is 0.617. The average molecular weight is 280 g/mol. The maximum absolute atomic E-state index is 12.4. The number of rotatable bonds is 1. The lowest BCUT2D eigenvalue weighted by atomic mass is 10.0. The molecule has 0 nitrogen and oxygen atoms in total. The molecule has 20 heavy (non-hydrogen) atoms. The number of alkyl halides is 3. The van der Waals surface area contributed by atoms with Crippen LogP contribution >= 0.6 is 0 Å². The van der Waals surface area contributed by atoms with Gasteiger partial charge in [0.05, 0.1) is 5.56 Å². The average Bonchev–Trinajstić information content (AvgIpc) is 2.40. The fourth-order valence-electron chi connectivity index (χ4n) is 1.60. The van der Waals surface area contributed by atoms with Gasteiger partial charge in [-0.1, -0.05) is 62.2 Å². The molecule has 0 saturated carbocycles. The first-order valence-corrected chi connectivity index (χ1v) is 6.62. The Morgan fingerprint density at radius 1 is 0.750 bits per heavy atom. The zero-order valence-corrected chi connectivity index (χ0v) is 12.0. The van der Waals surface area contributed by atoms with E-state index in [0.29, 0.717) is 0 Å². The van der Waals surface area contributed by atoms with Crippen LogP contribution in [-0.2, 0) is 6.18 Å². The summed E-state index contributed by atoms with van der Waals surface area (Å²) in [5.74, 6) is 0. The van der Waals surface area contributed by atoms with Crippen molar-refractivity contribution in [1.29, 1.82) is 0 Å². The Balaban J connectivity index is 0.000000612. The van der Waals surface area contributed by atoms with Crippen molar-refractivity contribution in [2.24, 2.45) is 0 Å². The molecule has 0 aromatic heterocycles.